The second-order valence-electron chi connectivity index (χ2n) is 3.64. The lowest BCUT2D eigenvalue weighted by atomic mass is 10.0. The molecule has 1 nitrogen and oxygen atoms in total. The highest BCUT2D eigenvalue weighted by atomic mass is 19.1. The maximum atomic E-state index is 13.6. The Hall–Kier alpha value is -0.890. The van der Waals surface area contributed by atoms with Crippen LogP contribution in [-0.2, 0) is 6.42 Å². The van der Waals surface area contributed by atoms with E-state index in [-0.39, 0.29) is 5.82 Å². The molecule has 1 aromatic carbocycles. The Labute approximate surface area is 78.0 Å². The van der Waals surface area contributed by atoms with E-state index >= 15 is 0 Å². The Balaban J connectivity index is 2.50. The van der Waals surface area contributed by atoms with E-state index in [0.29, 0.717) is 6.04 Å². The van der Waals surface area contributed by atoms with E-state index in [9.17, 15) is 4.39 Å². The van der Waals surface area contributed by atoms with Crippen LogP contribution < -0.4 is 5.32 Å². The van der Waals surface area contributed by atoms with E-state index < -0.39 is 0 Å². The fraction of sp³-hybridized carbons (Fsp3) is 0.455. The second-order valence-corrected chi connectivity index (χ2v) is 3.64. The summed E-state index contributed by atoms with van der Waals surface area (Å²) >= 11 is 0. The summed E-state index contributed by atoms with van der Waals surface area (Å²) in [7, 11) is 1.93. The predicted octanol–water partition coefficient (Wildman–Crippen LogP) is 2.34. The molecule has 0 aliphatic heterocycles. The lowest BCUT2D eigenvalue weighted by Crippen LogP contribution is -2.12. The minimum absolute atomic E-state index is 0.00440. The average molecular weight is 179 g/mol. The van der Waals surface area contributed by atoms with Gasteiger partial charge in [0, 0.05) is 6.04 Å². The Morgan fingerprint density at radius 2 is 2.23 bits per heavy atom. The number of hydrogen-bond acceptors (Lipinski definition) is 1. The molecule has 1 atom stereocenters. The van der Waals surface area contributed by atoms with E-state index in [2.05, 4.69) is 5.32 Å². The molecule has 2 rings (SSSR count). The number of aryl methyl sites for hydroxylation is 1. The van der Waals surface area contributed by atoms with Gasteiger partial charge in [0.15, 0.2) is 0 Å². The van der Waals surface area contributed by atoms with Gasteiger partial charge < -0.3 is 5.32 Å². The number of nitrogens with one attached hydrogen (secondary N) is 1. The maximum absolute atomic E-state index is 13.6. The Morgan fingerprint density at radius 3 is 2.92 bits per heavy atom. The molecule has 2 heteroatoms. The first-order valence-electron chi connectivity index (χ1n) is 4.69. The first kappa shape index (κ1) is 8.70. The summed E-state index contributed by atoms with van der Waals surface area (Å²) < 4.78 is 13.6. The minimum atomic E-state index is -0.00440. The monoisotopic (exact) mass is 179 g/mol. The highest BCUT2D eigenvalue weighted by molar-refractivity contribution is 5.38. The van der Waals surface area contributed by atoms with Gasteiger partial charge in [0.05, 0.1) is 0 Å². The molecule has 1 aromatic rings. The van der Waals surface area contributed by atoms with E-state index in [0.717, 1.165) is 29.5 Å². The van der Waals surface area contributed by atoms with Crippen molar-refractivity contribution in [1.82, 2.24) is 5.32 Å². The smallest absolute Gasteiger partial charge is 0.129 e. The Morgan fingerprint density at radius 1 is 1.46 bits per heavy atom. The Bertz CT molecular complexity index is 333. The molecule has 0 saturated heterocycles. The summed E-state index contributed by atoms with van der Waals surface area (Å²) in [6.45, 7) is 1.82. The van der Waals surface area contributed by atoms with E-state index in [4.69, 9.17) is 0 Å². The molecule has 0 aromatic heterocycles. The molecule has 1 aliphatic rings. The van der Waals surface area contributed by atoms with Gasteiger partial charge in [-0.25, -0.2) is 4.39 Å². The largest absolute Gasteiger partial charge is 0.313 e. The van der Waals surface area contributed by atoms with Crippen molar-refractivity contribution < 1.29 is 4.39 Å². The van der Waals surface area contributed by atoms with Gasteiger partial charge in [0.25, 0.3) is 0 Å². The number of rotatable bonds is 1. The third kappa shape index (κ3) is 1.25. The van der Waals surface area contributed by atoms with Crippen molar-refractivity contribution >= 4 is 0 Å². The van der Waals surface area contributed by atoms with Crippen molar-refractivity contribution in [2.45, 2.75) is 25.8 Å². The van der Waals surface area contributed by atoms with Gasteiger partial charge in [-0.05, 0) is 43.5 Å². The molecule has 13 heavy (non-hydrogen) atoms. The van der Waals surface area contributed by atoms with Crippen molar-refractivity contribution in [2.75, 3.05) is 7.05 Å². The quantitative estimate of drug-likeness (QED) is 0.697. The zero-order valence-electron chi connectivity index (χ0n) is 8.02. The van der Waals surface area contributed by atoms with Gasteiger partial charge in [0.1, 0.15) is 5.82 Å². The third-order valence-electron chi connectivity index (χ3n) is 2.88. The molecule has 1 aliphatic carbocycles. The van der Waals surface area contributed by atoms with E-state index in [1.165, 1.54) is 0 Å². The number of halogens is 1. The molecule has 1 N–H and O–H groups in total. The zero-order valence-corrected chi connectivity index (χ0v) is 8.02. The van der Waals surface area contributed by atoms with Crippen LogP contribution in [0, 0.1) is 12.7 Å². The van der Waals surface area contributed by atoms with Crippen molar-refractivity contribution in [3.8, 4) is 0 Å². The SMILES string of the molecule is CNC1CCc2c1ccc(C)c2F. The van der Waals surface area contributed by atoms with Crippen LogP contribution in [0.3, 0.4) is 0 Å². The van der Waals surface area contributed by atoms with Gasteiger partial charge in [-0.15, -0.1) is 0 Å². The van der Waals surface area contributed by atoms with Crippen LogP contribution in [0.4, 0.5) is 4.39 Å². The van der Waals surface area contributed by atoms with Crippen LogP contribution in [0.1, 0.15) is 29.2 Å². The molecular weight excluding hydrogens is 165 g/mol. The summed E-state index contributed by atoms with van der Waals surface area (Å²) in [5.74, 6) is -0.00440. The second kappa shape index (κ2) is 3.11. The third-order valence-corrected chi connectivity index (χ3v) is 2.88. The number of hydrogen-bond donors (Lipinski definition) is 1. The lowest BCUT2D eigenvalue weighted by molar-refractivity contribution is 0.589. The molecule has 0 spiro atoms. The van der Waals surface area contributed by atoms with E-state index in [1.807, 2.05) is 26.1 Å². The Kier molecular flexibility index (Phi) is 2.08. The minimum Gasteiger partial charge on any atom is -0.313 e. The molecule has 0 amide bonds. The van der Waals surface area contributed by atoms with Crippen molar-refractivity contribution in [1.29, 1.82) is 0 Å². The summed E-state index contributed by atoms with van der Waals surface area (Å²) in [4.78, 5) is 0. The normalized spacial score (nSPS) is 20.4. The lowest BCUT2D eigenvalue weighted by Gasteiger charge is -2.10. The van der Waals surface area contributed by atoms with E-state index in [1.54, 1.807) is 0 Å². The standard InChI is InChI=1S/C11H14FN/c1-7-3-4-8-9(11(7)12)5-6-10(8)13-2/h3-4,10,13H,5-6H2,1-2H3. The van der Waals surface area contributed by atoms with Gasteiger partial charge in [-0.1, -0.05) is 12.1 Å². The fourth-order valence-corrected chi connectivity index (χ4v) is 2.08. The van der Waals surface area contributed by atoms with Gasteiger partial charge >= 0.3 is 0 Å². The summed E-state index contributed by atoms with van der Waals surface area (Å²) in [5.41, 5.74) is 2.82. The first-order chi connectivity index (χ1) is 6.24. The molecule has 0 fully saturated rings. The topological polar surface area (TPSA) is 12.0 Å². The molecule has 0 bridgehead atoms. The highest BCUT2D eigenvalue weighted by Gasteiger charge is 2.24. The van der Waals surface area contributed by atoms with Crippen molar-refractivity contribution in [3.05, 3.63) is 34.6 Å². The van der Waals surface area contributed by atoms with Crippen LogP contribution in [0.25, 0.3) is 0 Å². The van der Waals surface area contributed by atoms with Gasteiger partial charge in [0.2, 0.25) is 0 Å². The first-order valence-corrected chi connectivity index (χ1v) is 4.69. The van der Waals surface area contributed by atoms with Crippen LogP contribution in [0.2, 0.25) is 0 Å². The predicted molar refractivity (Wildman–Crippen MR) is 51.3 cm³/mol. The van der Waals surface area contributed by atoms with Crippen molar-refractivity contribution in [2.24, 2.45) is 0 Å². The summed E-state index contributed by atoms with van der Waals surface area (Å²) in [6, 6.07) is 4.26. The number of fused-ring (bicyclic) bond motifs is 1. The van der Waals surface area contributed by atoms with Gasteiger partial charge in [-0.3, -0.25) is 0 Å². The summed E-state index contributed by atoms with van der Waals surface area (Å²) in [5, 5.41) is 3.20. The van der Waals surface area contributed by atoms with Crippen LogP contribution >= 0.6 is 0 Å². The highest BCUT2D eigenvalue weighted by Crippen LogP contribution is 2.33. The van der Waals surface area contributed by atoms with Crippen molar-refractivity contribution in [3.63, 3.8) is 0 Å². The molecule has 0 heterocycles. The van der Waals surface area contributed by atoms with Crippen LogP contribution in [0.15, 0.2) is 12.1 Å². The number of benzene rings is 1. The van der Waals surface area contributed by atoms with Gasteiger partial charge in [-0.2, -0.15) is 0 Å². The average Bonchev–Trinajstić information content (AvgIpc) is 2.55. The van der Waals surface area contributed by atoms with Crippen LogP contribution in [-0.4, -0.2) is 7.05 Å². The maximum Gasteiger partial charge on any atom is 0.129 e. The zero-order chi connectivity index (χ0) is 9.42. The fourth-order valence-electron chi connectivity index (χ4n) is 2.08. The van der Waals surface area contributed by atoms with Crippen LogP contribution in [0.5, 0.6) is 0 Å². The molecular formula is C11H14FN. The summed E-state index contributed by atoms with van der Waals surface area (Å²) in [6.07, 6.45) is 1.89. The molecule has 0 saturated carbocycles. The molecule has 0 radical (unpaired) electrons. The molecule has 1 unspecified atom stereocenters. The molecule has 70 valence electrons.